The number of carbonyl (C=O) groups excluding carboxylic acids is 3. The van der Waals surface area contributed by atoms with Crippen LogP contribution in [0.4, 0.5) is 10.9 Å². The molecule has 0 spiro atoms. The van der Waals surface area contributed by atoms with E-state index in [0.29, 0.717) is 29.4 Å². The number of anilines is 2. The number of rotatable bonds is 13. The monoisotopic (exact) mass is 542 g/mol. The van der Waals surface area contributed by atoms with Gasteiger partial charge in [0.05, 0.1) is 12.1 Å². The van der Waals surface area contributed by atoms with Crippen LogP contribution in [0.25, 0.3) is 0 Å². The van der Waals surface area contributed by atoms with E-state index in [1.165, 1.54) is 18.3 Å². The summed E-state index contributed by atoms with van der Waals surface area (Å²) in [5.74, 6) is 0.217. The maximum Gasteiger partial charge on any atom is 0.230 e. The second-order valence-electron chi connectivity index (χ2n) is 9.13. The zero-order valence-corrected chi connectivity index (χ0v) is 22.5. The zero-order valence-electron chi connectivity index (χ0n) is 21.7. The minimum absolute atomic E-state index is 0.108. The highest BCUT2D eigenvalue weighted by Crippen LogP contribution is 2.19. The van der Waals surface area contributed by atoms with Gasteiger partial charge in [-0.3, -0.25) is 14.4 Å². The van der Waals surface area contributed by atoms with Gasteiger partial charge in [-0.05, 0) is 48.9 Å². The molecule has 0 aliphatic rings. The van der Waals surface area contributed by atoms with E-state index < -0.39 is 0 Å². The van der Waals surface area contributed by atoms with E-state index in [-0.39, 0.29) is 24.0 Å². The second kappa shape index (κ2) is 14.0. The van der Waals surface area contributed by atoms with E-state index in [0.717, 1.165) is 47.5 Å². The van der Waals surface area contributed by atoms with Crippen LogP contribution in [-0.4, -0.2) is 38.0 Å². The van der Waals surface area contributed by atoms with E-state index in [2.05, 4.69) is 31.0 Å². The van der Waals surface area contributed by atoms with Crippen molar-refractivity contribution in [1.82, 2.24) is 20.4 Å². The van der Waals surface area contributed by atoms with E-state index in [9.17, 15) is 14.4 Å². The van der Waals surface area contributed by atoms with Crippen molar-refractivity contribution in [3.05, 3.63) is 94.1 Å². The van der Waals surface area contributed by atoms with Gasteiger partial charge in [-0.25, -0.2) is 0 Å². The summed E-state index contributed by atoms with van der Waals surface area (Å²) in [5, 5.41) is 23.2. The minimum atomic E-state index is -0.178. The third-order valence-electron chi connectivity index (χ3n) is 5.90. The van der Waals surface area contributed by atoms with Crippen molar-refractivity contribution in [2.75, 3.05) is 10.6 Å². The van der Waals surface area contributed by atoms with Crippen molar-refractivity contribution in [3.8, 4) is 0 Å². The molecule has 2 aromatic heterocycles. The Labute approximate surface area is 231 Å². The van der Waals surface area contributed by atoms with Gasteiger partial charge in [-0.1, -0.05) is 65.9 Å². The number of aromatic nitrogens is 4. The molecule has 0 saturated carbocycles. The Morgan fingerprint density at radius 2 is 1.56 bits per heavy atom. The van der Waals surface area contributed by atoms with Gasteiger partial charge >= 0.3 is 0 Å². The van der Waals surface area contributed by atoms with Crippen LogP contribution in [0.1, 0.15) is 58.4 Å². The summed E-state index contributed by atoms with van der Waals surface area (Å²) < 4.78 is 0. The Hall–Kier alpha value is -4.31. The molecule has 0 fully saturated rings. The number of Topliss-reactive ketones (excluding diaryl/α,β-unsaturated/α-hetero) is 1. The molecule has 0 bridgehead atoms. The summed E-state index contributed by atoms with van der Waals surface area (Å²) >= 11 is 1.38. The molecule has 39 heavy (non-hydrogen) atoms. The molecular weight excluding hydrogens is 512 g/mol. The second-order valence-corrected chi connectivity index (χ2v) is 10.2. The van der Waals surface area contributed by atoms with Crippen LogP contribution in [-0.2, 0) is 35.3 Å². The molecule has 2 amide bonds. The van der Waals surface area contributed by atoms with Crippen LogP contribution in [0.15, 0.2) is 66.7 Å². The van der Waals surface area contributed by atoms with Gasteiger partial charge in [0.2, 0.25) is 16.9 Å². The number of hydrogen-bond acceptors (Lipinski definition) is 8. The molecule has 4 aromatic rings. The minimum Gasteiger partial charge on any atom is -0.309 e. The normalized spacial score (nSPS) is 10.7. The van der Waals surface area contributed by atoms with Crippen molar-refractivity contribution in [3.63, 3.8) is 0 Å². The summed E-state index contributed by atoms with van der Waals surface area (Å²) in [6, 6.07) is 20.6. The van der Waals surface area contributed by atoms with Crippen molar-refractivity contribution < 1.29 is 14.4 Å². The average Bonchev–Trinajstić information content (AvgIpc) is 3.38. The van der Waals surface area contributed by atoms with Gasteiger partial charge < -0.3 is 10.6 Å². The molecule has 2 aromatic carbocycles. The maximum atomic E-state index is 12.6. The highest BCUT2D eigenvalue weighted by atomic mass is 32.1. The number of hydrogen-bond donors (Lipinski definition) is 2. The quantitative estimate of drug-likeness (QED) is 0.183. The van der Waals surface area contributed by atoms with Crippen molar-refractivity contribution >= 4 is 39.9 Å². The molecule has 4 rings (SSSR count). The van der Waals surface area contributed by atoms with Crippen LogP contribution < -0.4 is 10.6 Å². The Kier molecular flexibility index (Phi) is 9.96. The number of ketones is 1. The Bertz CT molecular complexity index is 1410. The highest BCUT2D eigenvalue weighted by molar-refractivity contribution is 7.15. The highest BCUT2D eigenvalue weighted by Gasteiger charge is 2.11. The van der Waals surface area contributed by atoms with Gasteiger partial charge in [-0.2, -0.15) is 5.10 Å². The first kappa shape index (κ1) is 27.7. The summed E-state index contributed by atoms with van der Waals surface area (Å²) in [7, 11) is 0. The number of aryl methyl sites for hydroxylation is 3. The first-order valence-electron chi connectivity index (χ1n) is 12.8. The van der Waals surface area contributed by atoms with Crippen LogP contribution in [0.3, 0.4) is 0 Å². The lowest BCUT2D eigenvalue weighted by Crippen LogP contribution is -2.14. The topological polar surface area (TPSA) is 127 Å². The molecule has 200 valence electrons. The summed E-state index contributed by atoms with van der Waals surface area (Å²) in [6.07, 6.45) is 4.60. The van der Waals surface area contributed by atoms with Gasteiger partial charge in [-0.15, -0.1) is 15.3 Å². The smallest absolute Gasteiger partial charge is 0.230 e. The van der Waals surface area contributed by atoms with Crippen LogP contribution >= 0.6 is 11.3 Å². The summed E-state index contributed by atoms with van der Waals surface area (Å²) in [6.45, 7) is 1.43. The SMILES string of the molecule is CC(=O)Nc1ccc(CCCCc2nnc(NC(=O)Cc3cccc(CCC(=O)c4ccccc4)c3)s2)nn1. The molecule has 0 aliphatic heterocycles. The first-order valence-corrected chi connectivity index (χ1v) is 13.6. The standard InChI is InChI=1S/C29H30N6O3S/c1-20(36)30-26-17-15-24(32-33-26)12-5-6-13-28-34-35-29(39-28)31-27(38)19-22-9-7-8-21(18-22)14-16-25(37)23-10-3-2-4-11-23/h2-4,7-11,15,17-18H,5-6,12-14,16,19H2,1H3,(H,30,33,36)(H,31,35,38). The number of carbonyl (C=O) groups is 3. The van der Waals surface area contributed by atoms with Crippen molar-refractivity contribution in [2.24, 2.45) is 0 Å². The number of nitrogens with zero attached hydrogens (tertiary/aromatic N) is 4. The lowest BCUT2D eigenvalue weighted by atomic mass is 10.0. The summed E-state index contributed by atoms with van der Waals surface area (Å²) in [4.78, 5) is 36.0. The fourth-order valence-corrected chi connectivity index (χ4v) is 4.80. The van der Waals surface area contributed by atoms with E-state index >= 15 is 0 Å². The molecule has 0 saturated heterocycles. The Morgan fingerprint density at radius 3 is 2.33 bits per heavy atom. The van der Waals surface area contributed by atoms with Crippen molar-refractivity contribution in [1.29, 1.82) is 0 Å². The lowest BCUT2D eigenvalue weighted by Gasteiger charge is -2.06. The zero-order chi connectivity index (χ0) is 27.5. The largest absolute Gasteiger partial charge is 0.309 e. The van der Waals surface area contributed by atoms with E-state index in [1.54, 1.807) is 6.07 Å². The molecule has 0 atom stereocenters. The van der Waals surface area contributed by atoms with E-state index in [4.69, 9.17) is 0 Å². The molecular formula is C29H30N6O3S. The third kappa shape index (κ3) is 9.19. The van der Waals surface area contributed by atoms with E-state index in [1.807, 2.05) is 60.7 Å². The number of benzene rings is 2. The molecule has 10 heteroatoms. The molecule has 2 N–H and O–H groups in total. The van der Waals surface area contributed by atoms with Crippen LogP contribution in [0.2, 0.25) is 0 Å². The molecule has 0 unspecified atom stereocenters. The number of amides is 2. The summed E-state index contributed by atoms with van der Waals surface area (Å²) in [5.41, 5.74) is 3.49. The predicted molar refractivity (Wildman–Crippen MR) is 151 cm³/mol. The van der Waals surface area contributed by atoms with Crippen LogP contribution in [0.5, 0.6) is 0 Å². The van der Waals surface area contributed by atoms with Gasteiger partial charge in [0, 0.05) is 25.3 Å². The number of unbranched alkanes of at least 4 members (excludes halogenated alkanes) is 1. The predicted octanol–water partition coefficient (Wildman–Crippen LogP) is 4.85. The van der Waals surface area contributed by atoms with Crippen molar-refractivity contribution in [2.45, 2.75) is 51.9 Å². The Balaban J connectivity index is 1.18. The van der Waals surface area contributed by atoms with Gasteiger partial charge in [0.25, 0.3) is 0 Å². The van der Waals surface area contributed by atoms with Crippen LogP contribution in [0, 0.1) is 0 Å². The van der Waals surface area contributed by atoms with Gasteiger partial charge in [0.15, 0.2) is 11.6 Å². The maximum absolute atomic E-state index is 12.6. The third-order valence-corrected chi connectivity index (χ3v) is 6.80. The fraction of sp³-hybridized carbons (Fsp3) is 0.276. The molecule has 0 aliphatic carbocycles. The Morgan fingerprint density at radius 1 is 0.769 bits per heavy atom. The average molecular weight is 543 g/mol. The molecule has 9 nitrogen and oxygen atoms in total. The molecule has 2 heterocycles. The fourth-order valence-electron chi connectivity index (χ4n) is 4.00. The molecule has 0 radical (unpaired) electrons. The first-order chi connectivity index (χ1) is 18.9. The van der Waals surface area contributed by atoms with Gasteiger partial charge in [0.1, 0.15) is 5.01 Å². The lowest BCUT2D eigenvalue weighted by molar-refractivity contribution is -0.116. The number of nitrogens with one attached hydrogen (secondary N) is 2.